The van der Waals surface area contributed by atoms with Gasteiger partial charge in [-0.25, -0.2) is 4.68 Å². The average molecular weight is 636 g/mol. The zero-order chi connectivity index (χ0) is 31.3. The fourth-order valence-electron chi connectivity index (χ4n) is 4.10. The fraction of sp³-hybridized carbons (Fsp3) is 0.385. The molecule has 4 aromatic rings. The summed E-state index contributed by atoms with van der Waals surface area (Å²) in [4.78, 5) is 34.8. The summed E-state index contributed by atoms with van der Waals surface area (Å²) < 4.78 is 49.8. The molecule has 0 spiro atoms. The van der Waals surface area contributed by atoms with Gasteiger partial charge in [-0.2, -0.15) is 15.1 Å². The summed E-state index contributed by atoms with van der Waals surface area (Å²) in [5.74, 6) is -0.588. The van der Waals surface area contributed by atoms with Crippen LogP contribution in [0.3, 0.4) is 0 Å². The van der Waals surface area contributed by atoms with Gasteiger partial charge in [0.05, 0.1) is 33.2 Å². The highest BCUT2D eigenvalue weighted by Crippen LogP contribution is 2.39. The predicted molar refractivity (Wildman–Crippen MR) is 157 cm³/mol. The molecule has 0 unspecified atom stereocenters. The van der Waals surface area contributed by atoms with Gasteiger partial charge in [-0.05, 0) is 48.5 Å². The Hall–Kier alpha value is -4.09. The number of nitrogens with zero attached hydrogens (tertiary/aromatic N) is 6. The van der Waals surface area contributed by atoms with Crippen LogP contribution in [0.25, 0.3) is 16.7 Å². The molecule has 0 aliphatic carbocycles. The van der Waals surface area contributed by atoms with Gasteiger partial charge in [-0.15, -0.1) is 13.2 Å². The summed E-state index contributed by atoms with van der Waals surface area (Å²) in [6, 6.07) is 7.69. The number of fused-ring (bicyclic) bond motifs is 1. The molecular formula is C26H28F3N7O5SSi. The largest absolute Gasteiger partial charge is 0.573 e. The smallest absolute Gasteiger partial charge is 0.410 e. The first-order chi connectivity index (χ1) is 20.0. The molecule has 3 aromatic heterocycles. The number of alkyl halides is 3. The van der Waals surface area contributed by atoms with Crippen molar-refractivity contribution in [2.24, 2.45) is 0 Å². The molecule has 4 heterocycles. The predicted octanol–water partition coefficient (Wildman–Crippen LogP) is 6.15. The molecule has 0 atom stereocenters. The molecule has 17 heteroatoms. The van der Waals surface area contributed by atoms with Crippen LogP contribution < -0.4 is 15.0 Å². The van der Waals surface area contributed by atoms with Gasteiger partial charge in [0.2, 0.25) is 5.95 Å². The van der Waals surface area contributed by atoms with Crippen LogP contribution >= 0.6 is 11.3 Å². The van der Waals surface area contributed by atoms with E-state index in [0.29, 0.717) is 24.2 Å². The van der Waals surface area contributed by atoms with E-state index < -0.39 is 31.3 Å². The second-order valence-corrected chi connectivity index (χ2v) is 17.3. The van der Waals surface area contributed by atoms with Gasteiger partial charge in [0.15, 0.2) is 14.0 Å². The number of ether oxygens (including phenoxy) is 1. The van der Waals surface area contributed by atoms with E-state index in [1.54, 1.807) is 0 Å². The van der Waals surface area contributed by atoms with E-state index in [1.807, 2.05) is 4.90 Å². The van der Waals surface area contributed by atoms with Crippen LogP contribution in [0, 0.1) is 10.1 Å². The SMILES string of the molecule is CC(C)(C)[Si](C)(C)OC1CN(c2nc(NC(=O)c3ccc([N+](=O)[O-])s3)c3cnn(-c4ccc(OC(F)(F)F)cc4)c3n2)C1. The molecule has 0 radical (unpaired) electrons. The van der Waals surface area contributed by atoms with Gasteiger partial charge < -0.3 is 19.4 Å². The second-order valence-electron chi connectivity index (χ2n) is 11.5. The number of anilines is 2. The molecule has 1 amide bonds. The maximum atomic E-state index is 13.0. The van der Waals surface area contributed by atoms with Crippen LogP contribution in [0.5, 0.6) is 5.75 Å². The number of hydrogen-bond acceptors (Lipinski definition) is 10. The first-order valence-corrected chi connectivity index (χ1v) is 16.8. The molecule has 1 fully saturated rings. The third-order valence-electron chi connectivity index (χ3n) is 7.36. The number of carbonyl (C=O) groups is 1. The Labute approximate surface area is 248 Å². The monoisotopic (exact) mass is 635 g/mol. The molecule has 43 heavy (non-hydrogen) atoms. The lowest BCUT2D eigenvalue weighted by Gasteiger charge is -2.46. The first kappa shape index (κ1) is 30.4. The van der Waals surface area contributed by atoms with E-state index in [0.717, 1.165) is 23.5 Å². The summed E-state index contributed by atoms with van der Waals surface area (Å²) in [5, 5.41) is 18.4. The summed E-state index contributed by atoms with van der Waals surface area (Å²) >= 11 is 0.724. The van der Waals surface area contributed by atoms with Crippen molar-refractivity contribution in [1.29, 1.82) is 0 Å². The number of halogens is 3. The van der Waals surface area contributed by atoms with E-state index in [1.165, 1.54) is 35.1 Å². The Morgan fingerprint density at radius 2 is 1.79 bits per heavy atom. The second kappa shape index (κ2) is 10.9. The summed E-state index contributed by atoms with van der Waals surface area (Å²) in [6.07, 6.45) is -3.44. The van der Waals surface area contributed by atoms with Crippen molar-refractivity contribution in [3.63, 3.8) is 0 Å². The quantitative estimate of drug-likeness (QED) is 0.137. The van der Waals surface area contributed by atoms with Gasteiger partial charge >= 0.3 is 11.4 Å². The van der Waals surface area contributed by atoms with E-state index in [-0.39, 0.29) is 38.4 Å². The van der Waals surface area contributed by atoms with Crippen molar-refractivity contribution >= 4 is 53.4 Å². The molecule has 1 aliphatic heterocycles. The van der Waals surface area contributed by atoms with Crippen LogP contribution in [0.4, 0.5) is 29.9 Å². The third kappa shape index (κ3) is 6.47. The minimum absolute atomic E-state index is 0.0315. The number of aromatic nitrogens is 4. The van der Waals surface area contributed by atoms with Crippen LogP contribution in [0.1, 0.15) is 30.4 Å². The molecule has 0 bridgehead atoms. The lowest BCUT2D eigenvalue weighted by Crippen LogP contribution is -2.58. The van der Waals surface area contributed by atoms with E-state index >= 15 is 0 Å². The van der Waals surface area contributed by atoms with Gasteiger partial charge in [0, 0.05) is 19.2 Å². The number of rotatable bonds is 8. The van der Waals surface area contributed by atoms with Gasteiger partial charge in [-0.3, -0.25) is 14.9 Å². The molecule has 0 saturated carbocycles. The van der Waals surface area contributed by atoms with Gasteiger partial charge in [-0.1, -0.05) is 32.1 Å². The molecule has 12 nitrogen and oxygen atoms in total. The number of amides is 1. The van der Waals surface area contributed by atoms with Crippen molar-refractivity contribution in [2.75, 3.05) is 23.3 Å². The van der Waals surface area contributed by atoms with Crippen LogP contribution in [0.15, 0.2) is 42.6 Å². The highest BCUT2D eigenvalue weighted by atomic mass is 32.1. The molecular weight excluding hydrogens is 607 g/mol. The Balaban J connectivity index is 1.47. The van der Waals surface area contributed by atoms with Crippen LogP contribution in [-0.4, -0.2) is 64.5 Å². The highest BCUT2D eigenvalue weighted by molar-refractivity contribution is 7.17. The minimum Gasteiger partial charge on any atom is -0.410 e. The molecule has 1 aliphatic rings. The van der Waals surface area contributed by atoms with Crippen molar-refractivity contribution < 1.29 is 32.1 Å². The third-order valence-corrected chi connectivity index (χ3v) is 12.9. The molecule has 1 aromatic carbocycles. The standard InChI is InChI=1S/C26H28F3N7O5SSi/c1-25(2,3)43(4,5)41-17-13-34(14-17)24-32-21(31-23(37)19-10-11-20(42-19)36(38)39)18-12-30-35(22(18)33-24)15-6-8-16(9-7-15)40-26(27,28)29/h6-12,17H,13-14H2,1-5H3,(H,31,32,33,37). The normalized spacial score (nSPS) is 14.6. The number of thiophene rings is 1. The Morgan fingerprint density at radius 3 is 2.37 bits per heavy atom. The van der Waals surface area contributed by atoms with Crippen LogP contribution in [-0.2, 0) is 4.43 Å². The lowest BCUT2D eigenvalue weighted by atomic mass is 10.2. The van der Waals surface area contributed by atoms with Crippen molar-refractivity contribution in [3.8, 4) is 11.4 Å². The number of nitro groups is 1. The average Bonchev–Trinajstić information content (AvgIpc) is 3.53. The number of carbonyl (C=O) groups excluding carboxylic acids is 1. The van der Waals surface area contributed by atoms with Crippen molar-refractivity contribution in [2.45, 2.75) is 51.4 Å². The van der Waals surface area contributed by atoms with E-state index in [2.05, 4.69) is 59.0 Å². The van der Waals surface area contributed by atoms with E-state index in [9.17, 15) is 28.1 Å². The summed E-state index contributed by atoms with van der Waals surface area (Å²) in [7, 11) is -2.02. The molecule has 5 rings (SSSR count). The first-order valence-electron chi connectivity index (χ1n) is 13.1. The number of nitrogens with one attached hydrogen (secondary N) is 1. The lowest BCUT2D eigenvalue weighted by molar-refractivity contribution is -0.380. The maximum Gasteiger partial charge on any atom is 0.573 e. The van der Waals surface area contributed by atoms with Gasteiger partial charge in [0.1, 0.15) is 11.6 Å². The zero-order valence-electron chi connectivity index (χ0n) is 23.8. The Bertz CT molecular complexity index is 1680. The molecule has 1 saturated heterocycles. The number of hydrogen-bond donors (Lipinski definition) is 1. The van der Waals surface area contributed by atoms with Crippen molar-refractivity contribution in [1.82, 2.24) is 19.7 Å². The van der Waals surface area contributed by atoms with Gasteiger partial charge in [0.25, 0.3) is 5.91 Å². The summed E-state index contributed by atoms with van der Waals surface area (Å²) in [5.41, 5.74) is 0.679. The van der Waals surface area contributed by atoms with Crippen molar-refractivity contribution in [3.05, 3.63) is 57.6 Å². The Morgan fingerprint density at radius 1 is 1.12 bits per heavy atom. The highest BCUT2D eigenvalue weighted by Gasteiger charge is 2.42. The van der Waals surface area contributed by atoms with E-state index in [4.69, 9.17) is 4.43 Å². The van der Waals surface area contributed by atoms with Crippen LogP contribution in [0.2, 0.25) is 18.1 Å². The molecule has 1 N–H and O–H groups in total. The topological polar surface area (TPSA) is 138 Å². The maximum absolute atomic E-state index is 13.0. The minimum atomic E-state index is -4.83. The Kier molecular flexibility index (Phi) is 7.68. The zero-order valence-corrected chi connectivity index (χ0v) is 25.6. The summed E-state index contributed by atoms with van der Waals surface area (Å²) in [6.45, 7) is 11.8. The fourth-order valence-corrected chi connectivity index (χ4v) is 6.15. The number of benzene rings is 1. The molecule has 228 valence electrons.